The summed E-state index contributed by atoms with van der Waals surface area (Å²) in [6.07, 6.45) is 3.89. The van der Waals surface area contributed by atoms with Gasteiger partial charge in [0.2, 0.25) is 5.95 Å². The van der Waals surface area contributed by atoms with Crippen LogP contribution < -0.4 is 0 Å². The molecule has 5 heteroatoms. The Hall–Kier alpha value is -7.24. The maximum atomic E-state index is 5.35. The zero-order chi connectivity index (χ0) is 35.4. The molecule has 54 heavy (non-hydrogen) atoms. The highest BCUT2D eigenvalue weighted by Gasteiger charge is 2.53. The van der Waals surface area contributed by atoms with Crippen LogP contribution in [0.2, 0.25) is 0 Å². The molecule has 12 rings (SSSR count). The molecule has 0 bridgehead atoms. The lowest BCUT2D eigenvalue weighted by Crippen LogP contribution is -2.26. The van der Waals surface area contributed by atoms with Crippen LogP contribution in [0.3, 0.4) is 0 Å². The number of fused-ring (bicyclic) bond motifs is 17. The zero-order valence-electron chi connectivity index (χ0n) is 29.0. The molecular weight excluding hydrogens is 659 g/mol. The Morgan fingerprint density at radius 3 is 1.59 bits per heavy atom. The fraction of sp³-hybridized carbons (Fsp3) is 0.0204. The normalized spacial score (nSPS) is 13.3. The minimum Gasteiger partial charge on any atom is -0.277 e. The molecule has 0 N–H and O–H groups in total. The third kappa shape index (κ3) is 3.72. The molecule has 250 valence electrons. The highest BCUT2D eigenvalue weighted by atomic mass is 15.2. The van der Waals surface area contributed by atoms with E-state index in [1.165, 1.54) is 55.3 Å². The van der Waals surface area contributed by atoms with E-state index < -0.39 is 5.41 Å². The van der Waals surface area contributed by atoms with Crippen LogP contribution in [0.5, 0.6) is 0 Å². The average molecular weight is 688 g/mol. The summed E-state index contributed by atoms with van der Waals surface area (Å²) in [5, 5.41) is 4.60. The molecule has 1 spiro atoms. The lowest BCUT2D eigenvalue weighted by atomic mass is 9.70. The van der Waals surface area contributed by atoms with Crippen LogP contribution in [0, 0.1) is 0 Å². The Kier molecular flexibility index (Phi) is 5.92. The van der Waals surface area contributed by atoms with Crippen LogP contribution >= 0.6 is 0 Å². The van der Waals surface area contributed by atoms with E-state index in [1.54, 1.807) is 0 Å². The molecular formula is C49H29N5. The molecule has 0 radical (unpaired) electrons. The van der Waals surface area contributed by atoms with Crippen LogP contribution in [0.15, 0.2) is 176 Å². The number of hydrogen-bond acceptors (Lipinski definition) is 4. The highest BCUT2D eigenvalue weighted by Crippen LogP contribution is 2.65. The van der Waals surface area contributed by atoms with Gasteiger partial charge in [0, 0.05) is 39.9 Å². The summed E-state index contributed by atoms with van der Waals surface area (Å²) in [6.45, 7) is 0. The van der Waals surface area contributed by atoms with Gasteiger partial charge in [-0.25, -0.2) is 4.98 Å². The molecule has 10 aromatic rings. The maximum Gasteiger partial charge on any atom is 0.238 e. The second-order valence-corrected chi connectivity index (χ2v) is 14.1. The summed E-state index contributed by atoms with van der Waals surface area (Å²) in [5.41, 5.74) is 13.5. The van der Waals surface area contributed by atoms with Gasteiger partial charge in [0.15, 0.2) is 11.6 Å². The first-order valence-corrected chi connectivity index (χ1v) is 18.3. The molecule has 2 aliphatic rings. The minimum atomic E-state index is -0.599. The van der Waals surface area contributed by atoms with Crippen molar-refractivity contribution in [1.29, 1.82) is 0 Å². The van der Waals surface area contributed by atoms with Crippen molar-refractivity contribution in [3.8, 4) is 51.0 Å². The van der Waals surface area contributed by atoms with Crippen molar-refractivity contribution in [3.05, 3.63) is 198 Å². The molecule has 3 aromatic heterocycles. The molecule has 0 unspecified atom stereocenters. The van der Waals surface area contributed by atoms with Gasteiger partial charge < -0.3 is 0 Å². The quantitative estimate of drug-likeness (QED) is 0.186. The lowest BCUT2D eigenvalue weighted by molar-refractivity contribution is 0.795. The van der Waals surface area contributed by atoms with Crippen LogP contribution in [-0.2, 0) is 5.41 Å². The summed E-state index contributed by atoms with van der Waals surface area (Å²) in [5.74, 6) is 1.81. The Morgan fingerprint density at radius 1 is 0.444 bits per heavy atom. The number of nitrogens with zero attached hydrogens (tertiary/aromatic N) is 5. The lowest BCUT2D eigenvalue weighted by Gasteiger charge is -2.31. The second kappa shape index (κ2) is 10.9. The second-order valence-electron chi connectivity index (χ2n) is 14.1. The van der Waals surface area contributed by atoms with E-state index in [2.05, 4.69) is 132 Å². The van der Waals surface area contributed by atoms with Crippen molar-refractivity contribution in [1.82, 2.24) is 24.5 Å². The summed E-state index contributed by atoms with van der Waals surface area (Å²) in [7, 11) is 0. The van der Waals surface area contributed by atoms with Crippen LogP contribution in [-0.4, -0.2) is 24.5 Å². The SMILES string of the molecule is c1ccc(-c2nc(-c3ccccc3)nc(-n3c4ccncc4c4c5ccccc5c5c(c43)C3(c4ccccc4-c4ccccc43)c3ccccc3-5)n2)cc1. The van der Waals surface area contributed by atoms with E-state index in [4.69, 9.17) is 19.9 Å². The first kappa shape index (κ1) is 29.3. The first-order chi connectivity index (χ1) is 26.8. The predicted octanol–water partition coefficient (Wildman–Crippen LogP) is 11.2. The van der Waals surface area contributed by atoms with Gasteiger partial charge in [0.1, 0.15) is 0 Å². The number of aromatic nitrogens is 5. The molecule has 5 nitrogen and oxygen atoms in total. The van der Waals surface area contributed by atoms with Gasteiger partial charge in [-0.05, 0) is 55.8 Å². The summed E-state index contributed by atoms with van der Waals surface area (Å²) >= 11 is 0. The third-order valence-electron chi connectivity index (χ3n) is 11.5. The van der Waals surface area contributed by atoms with Crippen LogP contribution in [0.25, 0.3) is 83.6 Å². The monoisotopic (exact) mass is 687 g/mol. The topological polar surface area (TPSA) is 56.5 Å². The fourth-order valence-electron chi connectivity index (χ4n) is 9.52. The Bertz CT molecular complexity index is 3060. The zero-order valence-corrected chi connectivity index (χ0v) is 29.0. The van der Waals surface area contributed by atoms with Gasteiger partial charge in [-0.15, -0.1) is 0 Å². The first-order valence-electron chi connectivity index (χ1n) is 18.3. The van der Waals surface area contributed by atoms with Gasteiger partial charge in [0.25, 0.3) is 0 Å². The van der Waals surface area contributed by atoms with Crippen molar-refractivity contribution in [2.24, 2.45) is 0 Å². The summed E-state index contributed by atoms with van der Waals surface area (Å²) in [6, 6.07) is 58.3. The highest BCUT2D eigenvalue weighted by molar-refractivity contribution is 6.27. The number of hydrogen-bond donors (Lipinski definition) is 0. The molecule has 0 saturated heterocycles. The molecule has 0 fully saturated rings. The Morgan fingerprint density at radius 2 is 0.963 bits per heavy atom. The predicted molar refractivity (Wildman–Crippen MR) is 217 cm³/mol. The summed E-state index contributed by atoms with van der Waals surface area (Å²) in [4.78, 5) is 20.5. The van der Waals surface area contributed by atoms with Crippen LogP contribution in [0.4, 0.5) is 0 Å². The maximum absolute atomic E-state index is 5.35. The van der Waals surface area contributed by atoms with Gasteiger partial charge in [0.05, 0.1) is 16.4 Å². The smallest absolute Gasteiger partial charge is 0.238 e. The van der Waals surface area contributed by atoms with Crippen molar-refractivity contribution in [2.45, 2.75) is 5.41 Å². The largest absolute Gasteiger partial charge is 0.277 e. The molecule has 0 amide bonds. The van der Waals surface area contributed by atoms with Crippen molar-refractivity contribution in [3.63, 3.8) is 0 Å². The number of benzene rings is 7. The molecule has 0 atom stereocenters. The van der Waals surface area contributed by atoms with Crippen molar-refractivity contribution >= 4 is 32.6 Å². The van der Waals surface area contributed by atoms with E-state index in [-0.39, 0.29) is 0 Å². The van der Waals surface area contributed by atoms with Crippen LogP contribution in [0.1, 0.15) is 22.3 Å². The number of rotatable bonds is 3. The van der Waals surface area contributed by atoms with Crippen molar-refractivity contribution < 1.29 is 0 Å². The van der Waals surface area contributed by atoms with E-state index in [0.717, 1.165) is 32.9 Å². The van der Waals surface area contributed by atoms with E-state index in [9.17, 15) is 0 Å². The van der Waals surface area contributed by atoms with Gasteiger partial charge >= 0.3 is 0 Å². The average Bonchev–Trinajstić information content (AvgIpc) is 3.87. The molecule has 7 aromatic carbocycles. The number of pyridine rings is 1. The molecule has 0 saturated carbocycles. The van der Waals surface area contributed by atoms with E-state index in [1.807, 2.05) is 48.8 Å². The third-order valence-corrected chi connectivity index (χ3v) is 11.5. The van der Waals surface area contributed by atoms with Crippen molar-refractivity contribution in [2.75, 3.05) is 0 Å². The minimum absolute atomic E-state index is 0.567. The summed E-state index contributed by atoms with van der Waals surface area (Å²) < 4.78 is 2.30. The molecule has 3 heterocycles. The molecule has 0 aliphatic heterocycles. The van der Waals surface area contributed by atoms with Gasteiger partial charge in [-0.2, -0.15) is 9.97 Å². The van der Waals surface area contributed by atoms with Gasteiger partial charge in [-0.1, -0.05) is 158 Å². The standard InChI is InChI=1S/C49H29N5/c1-3-15-30(16-4-1)46-51-47(31-17-5-2-6-18-31)53-48(52-46)54-41-27-28-50-29-37(41)43-35-22-8-7-21-34(35)42-36-23-11-14-26-40(36)49(44(42)45(43)54)38-24-12-9-19-32(38)33-20-10-13-25-39(33)49/h1-29H. The fourth-order valence-corrected chi connectivity index (χ4v) is 9.52. The Labute approximate surface area is 310 Å². The van der Waals surface area contributed by atoms with E-state index >= 15 is 0 Å². The molecule has 2 aliphatic carbocycles. The van der Waals surface area contributed by atoms with E-state index in [0.29, 0.717) is 17.6 Å². The van der Waals surface area contributed by atoms with Gasteiger partial charge in [-0.3, -0.25) is 9.55 Å². The Balaban J connectivity index is 1.34.